The summed E-state index contributed by atoms with van der Waals surface area (Å²) in [6.45, 7) is 5.58. The monoisotopic (exact) mass is 515 g/mol. The predicted octanol–water partition coefficient (Wildman–Crippen LogP) is 5.36. The van der Waals surface area contributed by atoms with Crippen LogP contribution in [0.25, 0.3) is 5.57 Å². The van der Waals surface area contributed by atoms with Crippen molar-refractivity contribution in [3.63, 3.8) is 0 Å². The number of nitrogens with zero attached hydrogens (tertiary/aromatic N) is 2. The van der Waals surface area contributed by atoms with Crippen LogP contribution in [0.15, 0.2) is 54.1 Å². The molecule has 1 aliphatic carbocycles. The van der Waals surface area contributed by atoms with E-state index in [2.05, 4.69) is 15.1 Å². The van der Waals surface area contributed by atoms with Crippen LogP contribution in [-0.2, 0) is 20.5 Å². The molecular weight excluding hydrogens is 483 g/mol. The van der Waals surface area contributed by atoms with Gasteiger partial charge in [0.1, 0.15) is 0 Å². The van der Waals surface area contributed by atoms with E-state index in [1.54, 1.807) is 6.92 Å². The minimum absolute atomic E-state index is 0.203. The first-order valence-electron chi connectivity index (χ1n) is 12.7. The number of rotatable bonds is 7. The van der Waals surface area contributed by atoms with Gasteiger partial charge in [0.25, 0.3) is 5.91 Å². The number of ether oxygens (including phenoxy) is 1. The SMILES string of the molecule is CCOC(=O)CN1CCN(c2ccc(NC(=O)C3=C(c4ccc(C(F)(F)F)cc4)CCCC3)cc2)CC1. The molecule has 1 N–H and O–H groups in total. The van der Waals surface area contributed by atoms with Gasteiger partial charge in [0.05, 0.1) is 18.7 Å². The molecule has 0 spiro atoms. The third-order valence-electron chi connectivity index (χ3n) is 6.82. The summed E-state index contributed by atoms with van der Waals surface area (Å²) in [5.41, 5.74) is 3.12. The second kappa shape index (κ2) is 11.8. The summed E-state index contributed by atoms with van der Waals surface area (Å²) < 4.78 is 43.9. The van der Waals surface area contributed by atoms with Gasteiger partial charge in [-0.2, -0.15) is 13.2 Å². The number of carbonyl (C=O) groups is 2. The average molecular weight is 516 g/mol. The molecule has 2 aromatic carbocycles. The van der Waals surface area contributed by atoms with Crippen molar-refractivity contribution < 1.29 is 27.5 Å². The number of halogens is 3. The molecule has 198 valence electrons. The fourth-order valence-electron chi connectivity index (χ4n) is 4.85. The molecule has 2 aliphatic rings. The van der Waals surface area contributed by atoms with Crippen LogP contribution < -0.4 is 10.2 Å². The van der Waals surface area contributed by atoms with E-state index in [-0.39, 0.29) is 11.9 Å². The van der Waals surface area contributed by atoms with Gasteiger partial charge >= 0.3 is 12.1 Å². The first-order valence-corrected chi connectivity index (χ1v) is 12.7. The first kappa shape index (κ1) is 26.7. The Bertz CT molecular complexity index is 1120. The second-order valence-corrected chi connectivity index (χ2v) is 9.31. The van der Waals surface area contributed by atoms with Crippen LogP contribution in [0.3, 0.4) is 0 Å². The number of hydrogen-bond acceptors (Lipinski definition) is 5. The van der Waals surface area contributed by atoms with Gasteiger partial charge in [-0.05, 0) is 80.1 Å². The Morgan fingerprint density at radius 1 is 0.919 bits per heavy atom. The summed E-state index contributed by atoms with van der Waals surface area (Å²) >= 11 is 0. The lowest BCUT2D eigenvalue weighted by Crippen LogP contribution is -2.48. The van der Waals surface area contributed by atoms with Crippen LogP contribution in [0.1, 0.15) is 43.7 Å². The summed E-state index contributed by atoms with van der Waals surface area (Å²) in [4.78, 5) is 29.1. The van der Waals surface area contributed by atoms with Gasteiger partial charge in [-0.1, -0.05) is 12.1 Å². The normalized spacial score (nSPS) is 17.0. The van der Waals surface area contributed by atoms with Crippen molar-refractivity contribution in [1.82, 2.24) is 4.90 Å². The molecule has 37 heavy (non-hydrogen) atoms. The Labute approximate surface area is 215 Å². The van der Waals surface area contributed by atoms with Crippen molar-refractivity contribution in [2.75, 3.05) is 49.5 Å². The number of piperazine rings is 1. The smallest absolute Gasteiger partial charge is 0.416 e. The highest BCUT2D eigenvalue weighted by Gasteiger charge is 2.30. The van der Waals surface area contributed by atoms with Gasteiger partial charge in [0.2, 0.25) is 0 Å². The largest absolute Gasteiger partial charge is 0.465 e. The summed E-state index contributed by atoms with van der Waals surface area (Å²) in [6.07, 6.45) is -1.36. The highest BCUT2D eigenvalue weighted by atomic mass is 19.4. The number of carbonyl (C=O) groups excluding carboxylic acids is 2. The number of amides is 1. The topological polar surface area (TPSA) is 61.9 Å². The quantitative estimate of drug-likeness (QED) is 0.504. The molecule has 6 nitrogen and oxygen atoms in total. The molecule has 0 bridgehead atoms. The molecule has 1 aliphatic heterocycles. The van der Waals surface area contributed by atoms with E-state index < -0.39 is 11.7 Å². The Kier molecular flexibility index (Phi) is 8.53. The number of anilines is 2. The zero-order chi connectivity index (χ0) is 26.4. The molecule has 4 rings (SSSR count). The fraction of sp³-hybridized carbons (Fsp3) is 0.429. The molecule has 1 fully saturated rings. The summed E-state index contributed by atoms with van der Waals surface area (Å²) in [5.74, 6) is -0.416. The van der Waals surface area contributed by atoms with E-state index in [1.165, 1.54) is 12.1 Å². The lowest BCUT2D eigenvalue weighted by atomic mass is 9.86. The minimum atomic E-state index is -4.39. The number of allylic oxidation sites excluding steroid dienone is 1. The number of nitrogens with one attached hydrogen (secondary N) is 1. The molecule has 1 saturated heterocycles. The van der Waals surface area contributed by atoms with Crippen LogP contribution in [0.5, 0.6) is 0 Å². The van der Waals surface area contributed by atoms with Crippen molar-refractivity contribution in [1.29, 1.82) is 0 Å². The number of benzene rings is 2. The fourth-order valence-corrected chi connectivity index (χ4v) is 4.85. The third-order valence-corrected chi connectivity index (χ3v) is 6.82. The average Bonchev–Trinajstić information content (AvgIpc) is 2.89. The van der Waals surface area contributed by atoms with Crippen LogP contribution in [0.2, 0.25) is 0 Å². The highest BCUT2D eigenvalue weighted by Crippen LogP contribution is 2.35. The zero-order valence-electron chi connectivity index (χ0n) is 20.9. The standard InChI is InChI=1S/C28H32F3N3O3/c1-2-37-26(35)19-33-15-17-34(18-16-33)23-13-11-22(12-14-23)32-27(36)25-6-4-3-5-24(25)20-7-9-21(10-8-20)28(29,30)31/h7-14H,2-6,15-19H2,1H3,(H,32,36). The van der Waals surface area contributed by atoms with Gasteiger partial charge in [0.15, 0.2) is 0 Å². The van der Waals surface area contributed by atoms with E-state index in [4.69, 9.17) is 4.74 Å². The van der Waals surface area contributed by atoms with Crippen molar-refractivity contribution in [2.45, 2.75) is 38.8 Å². The summed E-state index contributed by atoms with van der Waals surface area (Å²) in [5, 5.41) is 2.96. The molecule has 0 aromatic heterocycles. The molecule has 0 atom stereocenters. The Balaban J connectivity index is 1.38. The van der Waals surface area contributed by atoms with Crippen LogP contribution in [-0.4, -0.2) is 56.1 Å². The molecule has 0 saturated carbocycles. The molecule has 0 unspecified atom stereocenters. The summed E-state index contributed by atoms with van der Waals surface area (Å²) in [6, 6.07) is 12.7. The zero-order valence-corrected chi connectivity index (χ0v) is 20.9. The van der Waals surface area contributed by atoms with Crippen molar-refractivity contribution >= 4 is 28.8 Å². The van der Waals surface area contributed by atoms with E-state index in [0.29, 0.717) is 42.8 Å². The minimum Gasteiger partial charge on any atom is -0.465 e. The molecule has 2 aromatic rings. The lowest BCUT2D eigenvalue weighted by Gasteiger charge is -2.35. The number of esters is 1. The molecule has 9 heteroatoms. The second-order valence-electron chi connectivity index (χ2n) is 9.31. The van der Waals surface area contributed by atoms with Crippen LogP contribution in [0, 0.1) is 0 Å². The van der Waals surface area contributed by atoms with Gasteiger partial charge in [0, 0.05) is 43.1 Å². The first-order chi connectivity index (χ1) is 17.7. The molecule has 1 heterocycles. The molecule has 1 amide bonds. The maximum atomic E-state index is 13.1. The van der Waals surface area contributed by atoms with Crippen LogP contribution >= 0.6 is 0 Å². The van der Waals surface area contributed by atoms with E-state index in [0.717, 1.165) is 62.4 Å². The Morgan fingerprint density at radius 3 is 2.19 bits per heavy atom. The molecular formula is C28H32F3N3O3. The third kappa shape index (κ3) is 6.91. The van der Waals surface area contributed by atoms with Crippen LogP contribution in [0.4, 0.5) is 24.5 Å². The Hall–Kier alpha value is -3.33. The maximum absolute atomic E-state index is 13.1. The highest BCUT2D eigenvalue weighted by molar-refractivity contribution is 6.09. The Morgan fingerprint density at radius 2 is 1.57 bits per heavy atom. The van der Waals surface area contributed by atoms with E-state index in [1.807, 2.05) is 24.3 Å². The maximum Gasteiger partial charge on any atom is 0.416 e. The van der Waals surface area contributed by atoms with Gasteiger partial charge < -0.3 is 15.0 Å². The van der Waals surface area contributed by atoms with Gasteiger partial charge in [-0.3, -0.25) is 14.5 Å². The predicted molar refractivity (Wildman–Crippen MR) is 137 cm³/mol. The van der Waals surface area contributed by atoms with Crippen molar-refractivity contribution in [2.24, 2.45) is 0 Å². The van der Waals surface area contributed by atoms with Gasteiger partial charge in [-0.25, -0.2) is 0 Å². The van der Waals surface area contributed by atoms with E-state index >= 15 is 0 Å². The summed E-state index contributed by atoms with van der Waals surface area (Å²) in [7, 11) is 0. The number of alkyl halides is 3. The van der Waals surface area contributed by atoms with Gasteiger partial charge in [-0.15, -0.1) is 0 Å². The molecule has 0 radical (unpaired) electrons. The van der Waals surface area contributed by atoms with Crippen molar-refractivity contribution in [3.8, 4) is 0 Å². The van der Waals surface area contributed by atoms with E-state index in [9.17, 15) is 22.8 Å². The lowest BCUT2D eigenvalue weighted by molar-refractivity contribution is -0.144. The van der Waals surface area contributed by atoms with Crippen molar-refractivity contribution in [3.05, 3.63) is 65.2 Å². The number of hydrogen-bond donors (Lipinski definition) is 1.